The summed E-state index contributed by atoms with van der Waals surface area (Å²) in [7, 11) is 0. The number of rotatable bonds is 4. The van der Waals surface area contributed by atoms with Gasteiger partial charge in [-0.3, -0.25) is 4.79 Å². The highest BCUT2D eigenvalue weighted by atomic mass is 16.4. The Morgan fingerprint density at radius 3 is 2.73 bits per heavy atom. The fourth-order valence-electron chi connectivity index (χ4n) is 0.591. The van der Waals surface area contributed by atoms with E-state index in [2.05, 4.69) is 30.3 Å². The van der Waals surface area contributed by atoms with Crippen molar-refractivity contribution in [3.8, 4) is 23.7 Å². The average Bonchev–Trinajstić information content (AvgIpc) is 2.21. The third-order valence-electron chi connectivity index (χ3n) is 1.27. The smallest absolute Gasteiger partial charge is 0.307 e. The molecule has 1 atom stereocenters. The van der Waals surface area contributed by atoms with Crippen LogP contribution in [0.2, 0.25) is 0 Å². The lowest BCUT2D eigenvalue weighted by Crippen LogP contribution is -1.94. The number of carboxylic acids is 1. The molecule has 15 heavy (non-hydrogen) atoms. The molecule has 0 aliphatic rings. The number of hydrogen-bond donors (Lipinski definition) is 2. The molecule has 0 aromatic heterocycles. The number of hydrogen-bond acceptors (Lipinski definition) is 2. The maximum absolute atomic E-state index is 10.1. The van der Waals surface area contributed by atoms with Crippen molar-refractivity contribution in [1.29, 1.82) is 0 Å². The van der Waals surface area contributed by atoms with Crippen molar-refractivity contribution in [2.45, 2.75) is 18.9 Å². The van der Waals surface area contributed by atoms with Crippen LogP contribution in [0, 0.1) is 23.7 Å². The van der Waals surface area contributed by atoms with Gasteiger partial charge in [-0.15, -0.1) is 0 Å². The molecular weight excluding hydrogens is 192 g/mol. The molecule has 0 unspecified atom stereocenters. The van der Waals surface area contributed by atoms with Gasteiger partial charge in [-0.25, -0.2) is 0 Å². The zero-order valence-electron chi connectivity index (χ0n) is 8.23. The van der Waals surface area contributed by atoms with Gasteiger partial charge in [0, 0.05) is 6.42 Å². The Kier molecular flexibility index (Phi) is 7.49. The Morgan fingerprint density at radius 2 is 2.13 bits per heavy atom. The molecule has 2 N–H and O–H groups in total. The Morgan fingerprint density at radius 1 is 1.40 bits per heavy atom. The Hall–Kier alpha value is -1.97. The molecule has 0 aromatic rings. The van der Waals surface area contributed by atoms with E-state index in [1.54, 1.807) is 6.08 Å². The van der Waals surface area contributed by atoms with Gasteiger partial charge in [-0.2, -0.15) is 0 Å². The summed E-state index contributed by atoms with van der Waals surface area (Å²) in [4.78, 5) is 10.1. The first-order chi connectivity index (χ1) is 7.16. The summed E-state index contributed by atoms with van der Waals surface area (Å²) in [6.45, 7) is 3.35. The summed E-state index contributed by atoms with van der Waals surface area (Å²) < 4.78 is 0. The predicted molar refractivity (Wildman–Crippen MR) is 57.8 cm³/mol. The molecule has 0 aromatic carbocycles. The Balaban J connectivity index is 3.79. The van der Waals surface area contributed by atoms with Crippen molar-refractivity contribution >= 4 is 5.97 Å². The lowest BCUT2D eigenvalue weighted by atomic mass is 10.3. The molecule has 3 heteroatoms. The normalized spacial score (nSPS) is 10.7. The van der Waals surface area contributed by atoms with E-state index >= 15 is 0 Å². The second-order valence-electron chi connectivity index (χ2n) is 2.53. The molecule has 0 heterocycles. The zero-order chi connectivity index (χ0) is 11.5. The van der Waals surface area contributed by atoms with Gasteiger partial charge in [-0.1, -0.05) is 36.6 Å². The Labute approximate surface area is 89.1 Å². The van der Waals surface area contributed by atoms with Gasteiger partial charge in [0.1, 0.15) is 6.10 Å². The molecule has 0 bridgehead atoms. The van der Waals surface area contributed by atoms with Gasteiger partial charge in [0.15, 0.2) is 0 Å². The van der Waals surface area contributed by atoms with Gasteiger partial charge < -0.3 is 10.2 Å². The van der Waals surface area contributed by atoms with Gasteiger partial charge in [0.2, 0.25) is 0 Å². The summed E-state index contributed by atoms with van der Waals surface area (Å²) in [6, 6.07) is 0. The number of aliphatic carboxylic acids is 1. The first-order valence-electron chi connectivity index (χ1n) is 4.32. The number of aliphatic hydroxyl groups excluding tert-OH is 1. The van der Waals surface area contributed by atoms with Gasteiger partial charge in [-0.05, 0) is 11.8 Å². The summed E-state index contributed by atoms with van der Waals surface area (Å²) in [5.41, 5.74) is 0. The van der Waals surface area contributed by atoms with Crippen molar-refractivity contribution < 1.29 is 15.0 Å². The van der Waals surface area contributed by atoms with Gasteiger partial charge in [0.25, 0.3) is 0 Å². The fourth-order valence-corrected chi connectivity index (χ4v) is 0.591. The van der Waals surface area contributed by atoms with E-state index < -0.39 is 12.1 Å². The van der Waals surface area contributed by atoms with Crippen LogP contribution in [0.4, 0.5) is 0 Å². The average molecular weight is 204 g/mol. The molecule has 78 valence electrons. The van der Waals surface area contributed by atoms with E-state index in [0.717, 1.165) is 0 Å². The van der Waals surface area contributed by atoms with E-state index in [4.69, 9.17) is 10.2 Å². The molecule has 0 rings (SSSR count). The first-order valence-corrected chi connectivity index (χ1v) is 4.32. The van der Waals surface area contributed by atoms with Crippen molar-refractivity contribution in [2.24, 2.45) is 0 Å². The third-order valence-corrected chi connectivity index (χ3v) is 1.27. The minimum Gasteiger partial charge on any atom is -0.481 e. The van der Waals surface area contributed by atoms with Crippen LogP contribution >= 0.6 is 0 Å². The highest BCUT2D eigenvalue weighted by Gasteiger charge is 1.87. The topological polar surface area (TPSA) is 57.5 Å². The summed E-state index contributed by atoms with van der Waals surface area (Å²) in [5, 5.41) is 17.2. The van der Waals surface area contributed by atoms with Crippen LogP contribution in [0.1, 0.15) is 12.8 Å². The number of carboxylic acid groups (broad SMARTS) is 1. The van der Waals surface area contributed by atoms with Crippen LogP contribution in [-0.4, -0.2) is 22.3 Å². The highest BCUT2D eigenvalue weighted by molar-refractivity contribution is 5.68. The monoisotopic (exact) mass is 204 g/mol. The van der Waals surface area contributed by atoms with Crippen LogP contribution in [0.5, 0.6) is 0 Å². The van der Waals surface area contributed by atoms with Crippen molar-refractivity contribution in [3.05, 3.63) is 24.8 Å². The van der Waals surface area contributed by atoms with Gasteiger partial charge >= 0.3 is 5.97 Å². The molecular formula is C12H12O3. The maximum atomic E-state index is 10.1. The van der Waals surface area contributed by atoms with Crippen molar-refractivity contribution in [3.63, 3.8) is 0 Å². The van der Waals surface area contributed by atoms with E-state index in [1.807, 2.05) is 0 Å². The predicted octanol–water partition coefficient (Wildman–Crippen LogP) is 0.961. The minimum absolute atomic E-state index is 0.00252. The second kappa shape index (κ2) is 8.62. The van der Waals surface area contributed by atoms with Crippen LogP contribution in [0.3, 0.4) is 0 Å². The molecule has 0 aliphatic heterocycles. The lowest BCUT2D eigenvalue weighted by Gasteiger charge is -1.86. The summed E-state index contributed by atoms with van der Waals surface area (Å²) in [5.74, 6) is 9.23. The lowest BCUT2D eigenvalue weighted by molar-refractivity contribution is -0.136. The molecule has 0 saturated heterocycles. The largest absolute Gasteiger partial charge is 0.481 e. The molecule has 0 amide bonds. The van der Waals surface area contributed by atoms with Crippen molar-refractivity contribution in [1.82, 2.24) is 0 Å². The molecule has 0 spiro atoms. The van der Waals surface area contributed by atoms with E-state index in [1.165, 1.54) is 12.2 Å². The zero-order valence-corrected chi connectivity index (χ0v) is 8.23. The summed E-state index contributed by atoms with van der Waals surface area (Å²) >= 11 is 0. The molecule has 0 fully saturated rings. The maximum Gasteiger partial charge on any atom is 0.307 e. The number of carbonyl (C=O) groups is 1. The molecule has 0 aliphatic carbocycles. The quantitative estimate of drug-likeness (QED) is 0.529. The van der Waals surface area contributed by atoms with Crippen molar-refractivity contribution in [2.75, 3.05) is 0 Å². The second-order valence-corrected chi connectivity index (χ2v) is 2.53. The van der Waals surface area contributed by atoms with Crippen LogP contribution < -0.4 is 0 Å². The number of allylic oxidation sites excluding steroid dienone is 1. The first kappa shape index (κ1) is 13.0. The highest BCUT2D eigenvalue weighted by Crippen LogP contribution is 1.85. The van der Waals surface area contributed by atoms with E-state index in [0.29, 0.717) is 6.42 Å². The molecule has 0 radical (unpaired) electrons. The standard InChI is InChI=1S/C12H12O3/c1-2-11(13)9-7-5-3-4-6-8-10-12(14)15/h2,6,8,11,13H,1,4,10H2,(H,14,15)/b8-6-/t11-/m0/s1. The molecule has 0 saturated carbocycles. The van der Waals surface area contributed by atoms with Crippen LogP contribution in [0.15, 0.2) is 24.8 Å². The number of aliphatic hydroxyl groups is 1. The molecule has 3 nitrogen and oxygen atoms in total. The van der Waals surface area contributed by atoms with Gasteiger partial charge in [0.05, 0.1) is 6.42 Å². The summed E-state index contributed by atoms with van der Waals surface area (Å²) in [6.07, 6.45) is 4.10. The minimum atomic E-state index is -0.867. The van der Waals surface area contributed by atoms with Crippen LogP contribution in [-0.2, 0) is 4.79 Å². The fraction of sp³-hybridized carbons (Fsp3) is 0.250. The third kappa shape index (κ3) is 9.95. The Bertz CT molecular complexity index is 358. The SMILES string of the molecule is C=C[C@H](O)C#CC#CC/C=C\CC(=O)O. The van der Waals surface area contributed by atoms with E-state index in [9.17, 15) is 4.79 Å². The van der Waals surface area contributed by atoms with Crippen LogP contribution in [0.25, 0.3) is 0 Å². The van der Waals surface area contributed by atoms with E-state index in [-0.39, 0.29) is 6.42 Å².